The highest BCUT2D eigenvalue weighted by molar-refractivity contribution is 5.44. The number of nitrogen functional groups attached to an aromatic ring is 1. The van der Waals surface area contributed by atoms with Crippen molar-refractivity contribution in [2.45, 2.75) is 45.1 Å². The first-order valence-corrected chi connectivity index (χ1v) is 7.68. The molecule has 1 heterocycles. The summed E-state index contributed by atoms with van der Waals surface area (Å²) in [6.07, 6.45) is 4.76. The number of nitrogens with two attached hydrogens (primary N) is 1. The lowest BCUT2D eigenvalue weighted by molar-refractivity contribution is 0.497. The van der Waals surface area contributed by atoms with Crippen molar-refractivity contribution >= 4 is 5.69 Å². The molecule has 0 radical (unpaired) electrons. The number of anilines is 1. The fraction of sp³-hybridized carbons (Fsp3) is 0.471. The molecule has 1 fully saturated rings. The summed E-state index contributed by atoms with van der Waals surface area (Å²) in [5.41, 5.74) is 9.88. The van der Waals surface area contributed by atoms with Crippen LogP contribution in [0.1, 0.15) is 48.4 Å². The first-order chi connectivity index (χ1) is 10.1. The van der Waals surface area contributed by atoms with E-state index in [1.807, 2.05) is 17.8 Å². The van der Waals surface area contributed by atoms with Gasteiger partial charge in [0.15, 0.2) is 0 Å². The average Bonchev–Trinajstić information content (AvgIpc) is 3.03. The van der Waals surface area contributed by atoms with E-state index < -0.39 is 0 Å². The second-order valence-electron chi connectivity index (χ2n) is 6.16. The molecule has 1 aliphatic carbocycles. The van der Waals surface area contributed by atoms with Crippen LogP contribution in [0.3, 0.4) is 0 Å². The zero-order valence-electron chi connectivity index (χ0n) is 12.8. The Bertz CT molecular complexity index is 705. The van der Waals surface area contributed by atoms with Gasteiger partial charge < -0.3 is 5.73 Å². The van der Waals surface area contributed by atoms with Gasteiger partial charge in [-0.05, 0) is 25.3 Å². The fourth-order valence-corrected chi connectivity index (χ4v) is 3.53. The molecular formula is C17H23N3O. The van der Waals surface area contributed by atoms with Crippen LogP contribution in [-0.4, -0.2) is 9.36 Å². The second-order valence-corrected chi connectivity index (χ2v) is 6.16. The van der Waals surface area contributed by atoms with E-state index in [2.05, 4.69) is 25.1 Å². The maximum absolute atomic E-state index is 12.5. The van der Waals surface area contributed by atoms with Crippen LogP contribution in [0.4, 0.5) is 5.69 Å². The van der Waals surface area contributed by atoms with Crippen LogP contribution in [0.15, 0.2) is 29.1 Å². The summed E-state index contributed by atoms with van der Waals surface area (Å²) in [7, 11) is 1.96. The minimum absolute atomic E-state index is 0.0547. The van der Waals surface area contributed by atoms with Crippen LogP contribution >= 0.6 is 0 Å². The SMILES string of the molecule is Cc1cccc(Cn2c(=O)c(N)c(C3CCCC3)n2C)c1. The number of nitrogens with zero attached hydrogens (tertiary/aromatic N) is 2. The highest BCUT2D eigenvalue weighted by Gasteiger charge is 2.26. The molecule has 0 atom stereocenters. The third kappa shape index (κ3) is 2.50. The third-order valence-electron chi connectivity index (χ3n) is 4.61. The third-order valence-corrected chi connectivity index (χ3v) is 4.61. The lowest BCUT2D eigenvalue weighted by atomic mass is 10.0. The lowest BCUT2D eigenvalue weighted by Crippen LogP contribution is -2.23. The van der Waals surface area contributed by atoms with Crippen LogP contribution in [0.5, 0.6) is 0 Å². The van der Waals surface area contributed by atoms with Gasteiger partial charge in [-0.25, -0.2) is 4.68 Å². The van der Waals surface area contributed by atoms with Crippen molar-refractivity contribution in [1.82, 2.24) is 9.36 Å². The molecule has 4 nitrogen and oxygen atoms in total. The minimum Gasteiger partial charge on any atom is -0.393 e. The van der Waals surface area contributed by atoms with Crippen molar-refractivity contribution in [2.75, 3.05) is 5.73 Å². The molecule has 1 aliphatic rings. The number of hydrogen-bond donors (Lipinski definition) is 1. The van der Waals surface area contributed by atoms with Gasteiger partial charge in [-0.1, -0.05) is 42.7 Å². The lowest BCUT2D eigenvalue weighted by Gasteiger charge is -2.14. The molecule has 3 rings (SSSR count). The summed E-state index contributed by atoms with van der Waals surface area (Å²) in [4.78, 5) is 12.5. The van der Waals surface area contributed by atoms with Crippen molar-refractivity contribution in [3.05, 3.63) is 51.4 Å². The van der Waals surface area contributed by atoms with Gasteiger partial charge in [0.2, 0.25) is 0 Å². The molecule has 21 heavy (non-hydrogen) atoms. The Kier molecular flexibility index (Phi) is 3.62. The highest BCUT2D eigenvalue weighted by Crippen LogP contribution is 2.35. The average molecular weight is 285 g/mol. The van der Waals surface area contributed by atoms with E-state index >= 15 is 0 Å². The van der Waals surface area contributed by atoms with Gasteiger partial charge in [0.25, 0.3) is 5.56 Å². The Morgan fingerprint density at radius 1 is 1.29 bits per heavy atom. The van der Waals surface area contributed by atoms with E-state index in [1.165, 1.54) is 18.4 Å². The summed E-state index contributed by atoms with van der Waals surface area (Å²) < 4.78 is 3.74. The van der Waals surface area contributed by atoms with E-state index in [-0.39, 0.29) is 5.56 Å². The molecule has 0 saturated heterocycles. The van der Waals surface area contributed by atoms with E-state index in [0.717, 1.165) is 24.1 Å². The zero-order valence-corrected chi connectivity index (χ0v) is 12.8. The number of benzene rings is 1. The number of aryl methyl sites for hydroxylation is 1. The number of aromatic nitrogens is 2. The molecule has 112 valence electrons. The Labute approximate surface area is 125 Å². The van der Waals surface area contributed by atoms with Crippen LogP contribution < -0.4 is 11.3 Å². The molecule has 4 heteroatoms. The smallest absolute Gasteiger partial charge is 0.290 e. The standard InChI is InChI=1S/C17H23N3O/c1-12-6-5-7-13(10-12)11-20-17(21)15(18)16(19(20)2)14-8-3-4-9-14/h5-7,10,14H,3-4,8-9,11,18H2,1-2H3. The first-order valence-electron chi connectivity index (χ1n) is 7.68. The molecule has 0 unspecified atom stereocenters. The van der Waals surface area contributed by atoms with Gasteiger partial charge in [0, 0.05) is 13.0 Å². The molecule has 2 N–H and O–H groups in total. The van der Waals surface area contributed by atoms with Crippen LogP contribution in [-0.2, 0) is 13.6 Å². The molecule has 1 aromatic heterocycles. The summed E-state index contributed by atoms with van der Waals surface area (Å²) in [6, 6.07) is 8.26. The molecular weight excluding hydrogens is 262 g/mol. The molecule has 1 saturated carbocycles. The van der Waals surface area contributed by atoms with Crippen molar-refractivity contribution in [3.63, 3.8) is 0 Å². The maximum atomic E-state index is 12.5. The van der Waals surface area contributed by atoms with Crippen molar-refractivity contribution in [1.29, 1.82) is 0 Å². The molecule has 0 bridgehead atoms. The highest BCUT2D eigenvalue weighted by atomic mass is 16.1. The topological polar surface area (TPSA) is 52.9 Å². The van der Waals surface area contributed by atoms with E-state index in [9.17, 15) is 4.79 Å². The fourth-order valence-electron chi connectivity index (χ4n) is 3.53. The predicted molar refractivity (Wildman–Crippen MR) is 85.6 cm³/mol. The molecule has 1 aromatic carbocycles. The predicted octanol–water partition coefficient (Wildman–Crippen LogP) is 2.78. The zero-order chi connectivity index (χ0) is 15.0. The van der Waals surface area contributed by atoms with Crippen LogP contribution in [0.25, 0.3) is 0 Å². The van der Waals surface area contributed by atoms with Crippen molar-refractivity contribution in [2.24, 2.45) is 7.05 Å². The largest absolute Gasteiger partial charge is 0.393 e. The summed E-state index contributed by atoms with van der Waals surface area (Å²) >= 11 is 0. The van der Waals surface area contributed by atoms with Gasteiger partial charge >= 0.3 is 0 Å². The Hall–Kier alpha value is -1.97. The van der Waals surface area contributed by atoms with Gasteiger partial charge in [-0.3, -0.25) is 9.48 Å². The normalized spacial score (nSPS) is 15.7. The van der Waals surface area contributed by atoms with E-state index in [4.69, 9.17) is 5.73 Å². The number of hydrogen-bond acceptors (Lipinski definition) is 2. The molecule has 2 aromatic rings. The monoisotopic (exact) mass is 285 g/mol. The van der Waals surface area contributed by atoms with Gasteiger partial charge in [0.05, 0.1) is 12.2 Å². The summed E-state index contributed by atoms with van der Waals surface area (Å²) in [5, 5.41) is 0. The maximum Gasteiger partial charge on any atom is 0.290 e. The molecule has 0 amide bonds. The minimum atomic E-state index is -0.0547. The Morgan fingerprint density at radius 3 is 2.67 bits per heavy atom. The summed E-state index contributed by atoms with van der Waals surface area (Å²) in [6.45, 7) is 2.64. The quantitative estimate of drug-likeness (QED) is 0.942. The van der Waals surface area contributed by atoms with Crippen molar-refractivity contribution in [3.8, 4) is 0 Å². The van der Waals surface area contributed by atoms with E-state index in [0.29, 0.717) is 18.2 Å². The van der Waals surface area contributed by atoms with Gasteiger partial charge in [-0.15, -0.1) is 0 Å². The van der Waals surface area contributed by atoms with Gasteiger partial charge in [0.1, 0.15) is 5.69 Å². The van der Waals surface area contributed by atoms with Crippen LogP contribution in [0, 0.1) is 6.92 Å². The van der Waals surface area contributed by atoms with E-state index in [1.54, 1.807) is 4.68 Å². The first kappa shape index (κ1) is 14.0. The van der Waals surface area contributed by atoms with Crippen LogP contribution in [0.2, 0.25) is 0 Å². The summed E-state index contributed by atoms with van der Waals surface area (Å²) in [5.74, 6) is 0.446. The molecule has 0 spiro atoms. The molecule has 0 aliphatic heterocycles. The van der Waals surface area contributed by atoms with Gasteiger partial charge in [-0.2, -0.15) is 0 Å². The Morgan fingerprint density at radius 2 is 2.00 bits per heavy atom. The van der Waals surface area contributed by atoms with Crippen molar-refractivity contribution < 1.29 is 0 Å². The number of rotatable bonds is 3. The Balaban J connectivity index is 1.99. The second kappa shape index (κ2) is 5.43.